The highest BCUT2D eigenvalue weighted by molar-refractivity contribution is 7.89. The van der Waals surface area contributed by atoms with Crippen molar-refractivity contribution < 1.29 is 13.2 Å². The molecule has 0 spiro atoms. The summed E-state index contributed by atoms with van der Waals surface area (Å²) in [4.78, 5) is 21.8. The first-order chi connectivity index (χ1) is 12.4. The zero-order chi connectivity index (χ0) is 18.5. The lowest BCUT2D eigenvalue weighted by Crippen LogP contribution is -2.25. The number of hydrogen-bond donors (Lipinski definition) is 2. The number of benzene rings is 1. The number of aromatic amines is 1. The van der Waals surface area contributed by atoms with Crippen LogP contribution in [0.25, 0.3) is 22.7 Å². The molecule has 0 fully saturated rings. The monoisotopic (exact) mass is 368 g/mol. The van der Waals surface area contributed by atoms with Crippen LogP contribution in [0.1, 0.15) is 18.1 Å². The molecular weight excluding hydrogens is 352 g/mol. The summed E-state index contributed by atoms with van der Waals surface area (Å²) in [6, 6.07) is 8.22. The second kappa shape index (κ2) is 5.79. The molecule has 0 radical (unpaired) electrons. The van der Waals surface area contributed by atoms with Gasteiger partial charge in [-0.25, -0.2) is 18.5 Å². The molecule has 0 aliphatic carbocycles. The van der Waals surface area contributed by atoms with E-state index in [1.807, 2.05) is 19.1 Å². The first kappa shape index (κ1) is 16.5. The Morgan fingerprint density at radius 2 is 2.12 bits per heavy atom. The molecule has 3 heterocycles. The van der Waals surface area contributed by atoms with E-state index in [-0.39, 0.29) is 10.8 Å². The molecule has 1 aliphatic rings. The predicted octanol–water partition coefficient (Wildman–Crippen LogP) is 2.12. The van der Waals surface area contributed by atoms with E-state index in [1.54, 1.807) is 29.4 Å². The van der Waals surface area contributed by atoms with E-state index in [4.69, 9.17) is 5.14 Å². The Labute approximate surface area is 150 Å². The van der Waals surface area contributed by atoms with Gasteiger partial charge in [-0.05, 0) is 43.3 Å². The molecular formula is C18H16N4O3S. The number of aromatic nitrogens is 2. The first-order valence-electron chi connectivity index (χ1n) is 8.03. The van der Waals surface area contributed by atoms with E-state index in [2.05, 4.69) is 9.97 Å². The Kier molecular flexibility index (Phi) is 3.67. The molecule has 0 unspecified atom stereocenters. The molecule has 0 atom stereocenters. The lowest BCUT2D eigenvalue weighted by Gasteiger charge is -2.13. The number of likely N-dealkylation sites (N-methyl/N-ethyl adjacent to an activating group) is 1. The lowest BCUT2D eigenvalue weighted by atomic mass is 10.0. The van der Waals surface area contributed by atoms with E-state index in [9.17, 15) is 13.2 Å². The number of primary sulfonamides is 1. The number of nitrogens with zero attached hydrogens (tertiary/aromatic N) is 2. The minimum Gasteiger partial charge on any atom is -0.346 e. The number of carbonyl (C=O) groups excluding carboxylic acids is 1. The number of anilines is 1. The van der Waals surface area contributed by atoms with Crippen molar-refractivity contribution in [3.8, 4) is 0 Å². The zero-order valence-electron chi connectivity index (χ0n) is 13.9. The van der Waals surface area contributed by atoms with Gasteiger partial charge in [0.05, 0.1) is 10.6 Å². The van der Waals surface area contributed by atoms with Crippen LogP contribution >= 0.6 is 0 Å². The van der Waals surface area contributed by atoms with Crippen LogP contribution in [-0.4, -0.2) is 30.8 Å². The molecule has 26 heavy (non-hydrogen) atoms. The first-order valence-corrected chi connectivity index (χ1v) is 9.57. The Morgan fingerprint density at radius 3 is 2.85 bits per heavy atom. The Bertz CT molecular complexity index is 1180. The maximum absolute atomic E-state index is 12.9. The topological polar surface area (TPSA) is 109 Å². The van der Waals surface area contributed by atoms with E-state index >= 15 is 0 Å². The summed E-state index contributed by atoms with van der Waals surface area (Å²) in [5.74, 6) is -0.174. The summed E-state index contributed by atoms with van der Waals surface area (Å²) in [6.45, 7) is 2.35. The number of rotatable bonds is 3. The summed E-state index contributed by atoms with van der Waals surface area (Å²) in [5.41, 5.74) is 3.19. The van der Waals surface area contributed by atoms with Crippen molar-refractivity contribution in [2.24, 2.45) is 5.14 Å². The molecule has 0 saturated carbocycles. The summed E-state index contributed by atoms with van der Waals surface area (Å²) in [7, 11) is -3.86. The molecule has 3 N–H and O–H groups in total. The van der Waals surface area contributed by atoms with Gasteiger partial charge < -0.3 is 9.88 Å². The molecule has 132 valence electrons. The van der Waals surface area contributed by atoms with Crippen molar-refractivity contribution in [3.63, 3.8) is 0 Å². The van der Waals surface area contributed by atoms with Gasteiger partial charge in [0.2, 0.25) is 10.0 Å². The molecule has 2 aromatic heterocycles. The lowest BCUT2D eigenvalue weighted by molar-refractivity contribution is -0.112. The van der Waals surface area contributed by atoms with Crippen molar-refractivity contribution in [1.29, 1.82) is 0 Å². The summed E-state index contributed by atoms with van der Waals surface area (Å²) >= 11 is 0. The van der Waals surface area contributed by atoms with Gasteiger partial charge >= 0.3 is 0 Å². The van der Waals surface area contributed by atoms with Gasteiger partial charge in [0.25, 0.3) is 5.91 Å². The van der Waals surface area contributed by atoms with Gasteiger partial charge in [0.1, 0.15) is 5.65 Å². The third-order valence-electron chi connectivity index (χ3n) is 4.45. The van der Waals surface area contributed by atoms with Gasteiger partial charge in [0.15, 0.2) is 0 Å². The Balaban J connectivity index is 1.94. The highest BCUT2D eigenvalue weighted by Gasteiger charge is 2.32. The highest BCUT2D eigenvalue weighted by Crippen LogP contribution is 2.39. The zero-order valence-corrected chi connectivity index (χ0v) is 14.7. The fraction of sp³-hybridized carbons (Fsp3) is 0.111. The average Bonchev–Trinajstić information content (AvgIpc) is 3.13. The van der Waals surface area contributed by atoms with Gasteiger partial charge in [-0.2, -0.15) is 0 Å². The van der Waals surface area contributed by atoms with Gasteiger partial charge in [-0.3, -0.25) is 4.79 Å². The largest absolute Gasteiger partial charge is 0.346 e. The minimum absolute atomic E-state index is 0.0199. The number of nitrogens with one attached hydrogen (secondary N) is 1. The van der Waals surface area contributed by atoms with Crippen LogP contribution in [0.5, 0.6) is 0 Å². The smallest absolute Gasteiger partial charge is 0.258 e. The van der Waals surface area contributed by atoms with Crippen molar-refractivity contribution in [1.82, 2.24) is 9.97 Å². The fourth-order valence-corrected chi connectivity index (χ4v) is 3.76. The normalized spacial score (nSPS) is 15.8. The molecule has 8 heteroatoms. The summed E-state index contributed by atoms with van der Waals surface area (Å²) < 4.78 is 23.4. The number of pyridine rings is 1. The number of hydrogen-bond acceptors (Lipinski definition) is 4. The second-order valence-electron chi connectivity index (χ2n) is 5.97. The van der Waals surface area contributed by atoms with Gasteiger partial charge in [-0.1, -0.05) is 0 Å². The van der Waals surface area contributed by atoms with Crippen molar-refractivity contribution in [3.05, 3.63) is 53.9 Å². The molecule has 7 nitrogen and oxygen atoms in total. The van der Waals surface area contributed by atoms with Crippen LogP contribution in [0.4, 0.5) is 5.69 Å². The Morgan fingerprint density at radius 1 is 1.31 bits per heavy atom. The van der Waals surface area contributed by atoms with Crippen LogP contribution in [0.2, 0.25) is 0 Å². The van der Waals surface area contributed by atoms with Gasteiger partial charge in [0, 0.05) is 41.0 Å². The number of amides is 1. The van der Waals surface area contributed by atoms with Crippen LogP contribution in [0.15, 0.2) is 47.6 Å². The van der Waals surface area contributed by atoms with Crippen LogP contribution in [0.3, 0.4) is 0 Å². The summed E-state index contributed by atoms with van der Waals surface area (Å²) in [5, 5.41) is 6.13. The quantitative estimate of drug-likeness (QED) is 0.690. The van der Waals surface area contributed by atoms with Crippen LogP contribution < -0.4 is 10.0 Å². The number of nitrogens with two attached hydrogens (primary N) is 1. The Hall–Kier alpha value is -2.97. The average molecular weight is 368 g/mol. The molecule has 3 aromatic rings. The number of carbonyl (C=O) groups is 1. The van der Waals surface area contributed by atoms with Crippen LogP contribution in [0, 0.1) is 0 Å². The highest BCUT2D eigenvalue weighted by atomic mass is 32.2. The number of fused-ring (bicyclic) bond motifs is 2. The second-order valence-corrected chi connectivity index (χ2v) is 7.54. The van der Waals surface area contributed by atoms with Crippen molar-refractivity contribution in [2.75, 3.05) is 11.4 Å². The SMILES string of the molecule is CCN1C(=O)/C(=C/c2c[nH]c3ncccc23)c2cc(S(N)(=O)=O)ccc21. The van der Waals surface area contributed by atoms with E-state index in [0.717, 1.165) is 16.6 Å². The van der Waals surface area contributed by atoms with Crippen molar-refractivity contribution >= 4 is 44.3 Å². The maximum Gasteiger partial charge on any atom is 0.258 e. The molecule has 0 bridgehead atoms. The molecule has 1 amide bonds. The standard InChI is InChI=1S/C18H16N4O3S/c1-2-22-16-6-5-12(26(19,24)25)9-14(16)15(18(22)23)8-11-10-21-17-13(11)4-3-7-20-17/h3-10H,2H2,1H3,(H,20,21)(H2,19,24,25)/b15-8+. The molecule has 1 aliphatic heterocycles. The number of sulfonamides is 1. The third-order valence-corrected chi connectivity index (χ3v) is 5.36. The predicted molar refractivity (Wildman–Crippen MR) is 99.8 cm³/mol. The fourth-order valence-electron chi connectivity index (χ4n) is 3.22. The van der Waals surface area contributed by atoms with E-state index in [0.29, 0.717) is 23.4 Å². The van der Waals surface area contributed by atoms with Gasteiger partial charge in [-0.15, -0.1) is 0 Å². The minimum atomic E-state index is -3.86. The maximum atomic E-state index is 12.9. The van der Waals surface area contributed by atoms with E-state index in [1.165, 1.54) is 12.1 Å². The number of H-pyrrole nitrogens is 1. The molecule has 0 saturated heterocycles. The third kappa shape index (κ3) is 2.51. The summed E-state index contributed by atoms with van der Waals surface area (Å²) in [6.07, 6.45) is 5.21. The van der Waals surface area contributed by atoms with Crippen LogP contribution in [-0.2, 0) is 14.8 Å². The van der Waals surface area contributed by atoms with Crippen molar-refractivity contribution in [2.45, 2.75) is 11.8 Å². The van der Waals surface area contributed by atoms with E-state index < -0.39 is 10.0 Å². The molecule has 1 aromatic carbocycles. The molecule has 4 rings (SSSR count).